The first-order valence-corrected chi connectivity index (χ1v) is 6.93. The van der Waals surface area contributed by atoms with Crippen molar-refractivity contribution in [2.45, 2.75) is 4.21 Å². The number of nitrogens with zero attached hydrogens (tertiary/aromatic N) is 1. The lowest BCUT2D eigenvalue weighted by Gasteiger charge is -2.14. The Balaban J connectivity index is 2.92. The highest BCUT2D eigenvalue weighted by Gasteiger charge is 2.23. The summed E-state index contributed by atoms with van der Waals surface area (Å²) in [5, 5.41) is 8.73. The maximum atomic E-state index is 12.0. The van der Waals surface area contributed by atoms with Crippen molar-refractivity contribution < 1.29 is 23.1 Å². The zero-order chi connectivity index (χ0) is 13.1. The van der Waals surface area contributed by atoms with Crippen LogP contribution >= 0.6 is 11.3 Å². The molecular weight excluding hydrogens is 266 g/mol. The SMILES string of the molecule is COCCN(C)S(=O)(=O)c1ccc(C(=O)O)s1. The van der Waals surface area contributed by atoms with Gasteiger partial charge in [0.15, 0.2) is 0 Å². The van der Waals surface area contributed by atoms with Gasteiger partial charge >= 0.3 is 5.97 Å². The van der Waals surface area contributed by atoms with Gasteiger partial charge in [0.2, 0.25) is 0 Å². The number of ether oxygens (including phenoxy) is 1. The highest BCUT2D eigenvalue weighted by molar-refractivity contribution is 7.91. The Labute approximate surface area is 103 Å². The van der Waals surface area contributed by atoms with E-state index in [1.807, 2.05) is 0 Å². The van der Waals surface area contributed by atoms with Crippen molar-refractivity contribution in [2.75, 3.05) is 27.3 Å². The molecule has 0 amide bonds. The summed E-state index contributed by atoms with van der Waals surface area (Å²) in [7, 11) is -0.710. The molecule has 0 aliphatic heterocycles. The van der Waals surface area contributed by atoms with Crippen LogP contribution in [0.2, 0.25) is 0 Å². The van der Waals surface area contributed by atoms with Crippen LogP contribution in [-0.4, -0.2) is 51.1 Å². The second-order valence-electron chi connectivity index (χ2n) is 3.24. The number of hydrogen-bond donors (Lipinski definition) is 1. The van der Waals surface area contributed by atoms with Crippen LogP contribution in [0, 0.1) is 0 Å². The largest absolute Gasteiger partial charge is 0.477 e. The quantitative estimate of drug-likeness (QED) is 0.829. The second-order valence-corrected chi connectivity index (χ2v) is 6.60. The molecule has 0 spiro atoms. The molecule has 0 aliphatic carbocycles. The summed E-state index contributed by atoms with van der Waals surface area (Å²) in [6, 6.07) is 2.58. The predicted octanol–water partition coefficient (Wildman–Crippen LogP) is 0.713. The van der Waals surface area contributed by atoms with E-state index in [0.717, 1.165) is 15.6 Å². The van der Waals surface area contributed by atoms with Crippen LogP contribution in [0.3, 0.4) is 0 Å². The Morgan fingerprint density at radius 2 is 2.18 bits per heavy atom. The van der Waals surface area contributed by atoms with Gasteiger partial charge in [0, 0.05) is 20.7 Å². The van der Waals surface area contributed by atoms with Crippen molar-refractivity contribution >= 4 is 27.3 Å². The molecule has 0 saturated heterocycles. The number of rotatable bonds is 6. The molecule has 1 aromatic heterocycles. The van der Waals surface area contributed by atoms with E-state index < -0.39 is 16.0 Å². The number of methoxy groups -OCH3 is 1. The molecule has 17 heavy (non-hydrogen) atoms. The van der Waals surface area contributed by atoms with Crippen LogP contribution in [0.5, 0.6) is 0 Å². The highest BCUT2D eigenvalue weighted by atomic mass is 32.2. The maximum Gasteiger partial charge on any atom is 0.345 e. The normalized spacial score (nSPS) is 11.9. The zero-order valence-electron chi connectivity index (χ0n) is 9.41. The van der Waals surface area contributed by atoms with E-state index in [1.54, 1.807) is 0 Å². The summed E-state index contributed by atoms with van der Waals surface area (Å²) in [5.41, 5.74) is 0. The van der Waals surface area contributed by atoms with Crippen LogP contribution < -0.4 is 0 Å². The third-order valence-corrected chi connectivity index (χ3v) is 5.46. The van der Waals surface area contributed by atoms with Gasteiger partial charge in [-0.2, -0.15) is 4.31 Å². The monoisotopic (exact) mass is 279 g/mol. The Kier molecular flexibility index (Phi) is 4.63. The maximum absolute atomic E-state index is 12.0. The van der Waals surface area contributed by atoms with E-state index >= 15 is 0 Å². The number of sulfonamides is 1. The van der Waals surface area contributed by atoms with Gasteiger partial charge < -0.3 is 9.84 Å². The van der Waals surface area contributed by atoms with Crippen molar-refractivity contribution in [1.29, 1.82) is 0 Å². The first-order valence-electron chi connectivity index (χ1n) is 4.68. The van der Waals surface area contributed by atoms with Crippen molar-refractivity contribution in [1.82, 2.24) is 4.31 Å². The van der Waals surface area contributed by atoms with Crippen LogP contribution in [0.1, 0.15) is 9.67 Å². The van der Waals surface area contributed by atoms with E-state index in [1.165, 1.54) is 26.3 Å². The van der Waals surface area contributed by atoms with Gasteiger partial charge in [-0.15, -0.1) is 11.3 Å². The van der Waals surface area contributed by atoms with Gasteiger partial charge in [0.05, 0.1) is 6.61 Å². The Morgan fingerprint density at radius 3 is 2.65 bits per heavy atom. The van der Waals surface area contributed by atoms with E-state index in [4.69, 9.17) is 9.84 Å². The third-order valence-electron chi connectivity index (χ3n) is 2.07. The number of likely N-dealkylation sites (N-methyl/N-ethyl adjacent to an activating group) is 1. The van der Waals surface area contributed by atoms with Gasteiger partial charge in [-0.1, -0.05) is 0 Å². The first kappa shape index (κ1) is 14.1. The smallest absolute Gasteiger partial charge is 0.345 e. The summed E-state index contributed by atoms with van der Waals surface area (Å²) in [4.78, 5) is 10.7. The molecule has 1 rings (SSSR count). The van der Waals surface area contributed by atoms with E-state index in [2.05, 4.69) is 0 Å². The average molecular weight is 279 g/mol. The summed E-state index contributed by atoms with van der Waals surface area (Å²) < 4.78 is 29.9. The summed E-state index contributed by atoms with van der Waals surface area (Å²) in [6.45, 7) is 0.506. The van der Waals surface area contributed by atoms with Gasteiger partial charge in [0.25, 0.3) is 10.0 Å². The average Bonchev–Trinajstić information content (AvgIpc) is 2.75. The minimum absolute atomic E-state index is 0.00344. The van der Waals surface area contributed by atoms with E-state index in [9.17, 15) is 13.2 Å². The number of hydrogen-bond acceptors (Lipinski definition) is 5. The van der Waals surface area contributed by atoms with Crippen molar-refractivity contribution in [3.63, 3.8) is 0 Å². The molecule has 1 aromatic rings. The molecule has 1 N–H and O–H groups in total. The van der Waals surface area contributed by atoms with Crippen molar-refractivity contribution in [3.05, 3.63) is 17.0 Å². The third kappa shape index (κ3) is 3.25. The molecule has 1 heterocycles. The molecule has 8 heteroatoms. The van der Waals surface area contributed by atoms with Crippen LogP contribution in [0.4, 0.5) is 0 Å². The minimum atomic E-state index is -3.62. The van der Waals surface area contributed by atoms with Crippen LogP contribution in [0.15, 0.2) is 16.3 Å². The standard InChI is InChI=1S/C9H13NO5S2/c1-10(5-6-15-2)17(13,14)8-4-3-7(16-8)9(11)12/h3-4H,5-6H2,1-2H3,(H,11,12). The Morgan fingerprint density at radius 1 is 1.53 bits per heavy atom. The molecule has 0 aromatic carbocycles. The molecule has 0 bridgehead atoms. The van der Waals surface area contributed by atoms with E-state index in [-0.39, 0.29) is 22.2 Å². The molecule has 0 atom stereocenters. The first-order chi connectivity index (χ1) is 7.89. The molecule has 0 unspecified atom stereocenters. The summed E-state index contributed by atoms with van der Waals surface area (Å²) in [6.07, 6.45) is 0. The topological polar surface area (TPSA) is 83.9 Å². The summed E-state index contributed by atoms with van der Waals surface area (Å²) >= 11 is 0.740. The van der Waals surface area contributed by atoms with Gasteiger partial charge in [0.1, 0.15) is 9.09 Å². The molecule has 0 radical (unpaired) electrons. The molecule has 0 aliphatic rings. The van der Waals surface area contributed by atoms with Gasteiger partial charge in [-0.25, -0.2) is 13.2 Å². The number of thiophene rings is 1. The molecule has 6 nitrogen and oxygen atoms in total. The van der Waals surface area contributed by atoms with Crippen LogP contribution in [-0.2, 0) is 14.8 Å². The number of carbonyl (C=O) groups is 1. The fourth-order valence-electron chi connectivity index (χ4n) is 1.07. The fourth-order valence-corrected chi connectivity index (χ4v) is 3.58. The lowest BCUT2D eigenvalue weighted by Crippen LogP contribution is -2.29. The van der Waals surface area contributed by atoms with E-state index in [0.29, 0.717) is 0 Å². The lowest BCUT2D eigenvalue weighted by atomic mass is 10.5. The Hall–Kier alpha value is -0.960. The molecular formula is C9H13NO5S2. The predicted molar refractivity (Wildman–Crippen MR) is 63.0 cm³/mol. The van der Waals surface area contributed by atoms with Gasteiger partial charge in [-0.05, 0) is 12.1 Å². The molecule has 0 fully saturated rings. The number of aromatic carboxylic acids is 1. The van der Waals surface area contributed by atoms with Crippen molar-refractivity contribution in [2.24, 2.45) is 0 Å². The zero-order valence-corrected chi connectivity index (χ0v) is 11.0. The number of carboxylic acids is 1. The molecule has 96 valence electrons. The summed E-state index contributed by atoms with van der Waals surface area (Å²) in [5.74, 6) is -1.13. The highest BCUT2D eigenvalue weighted by Crippen LogP contribution is 2.24. The number of carboxylic acid groups (broad SMARTS) is 1. The van der Waals surface area contributed by atoms with Crippen LogP contribution in [0.25, 0.3) is 0 Å². The fraction of sp³-hybridized carbons (Fsp3) is 0.444. The van der Waals surface area contributed by atoms with Gasteiger partial charge in [-0.3, -0.25) is 0 Å². The molecule has 0 saturated carbocycles. The Bertz CT molecular complexity index is 493. The van der Waals surface area contributed by atoms with Crippen molar-refractivity contribution in [3.8, 4) is 0 Å². The second kappa shape index (κ2) is 5.58. The lowest BCUT2D eigenvalue weighted by molar-refractivity contribution is 0.0702. The minimum Gasteiger partial charge on any atom is -0.477 e.